The number of hydrogen-bond acceptors (Lipinski definition) is 3. The van der Waals surface area contributed by atoms with Crippen LogP contribution in [0.2, 0.25) is 0 Å². The molecule has 0 saturated heterocycles. The van der Waals surface area contributed by atoms with Gasteiger partial charge in [0.25, 0.3) is 5.91 Å². The lowest BCUT2D eigenvalue weighted by atomic mass is 9.93. The van der Waals surface area contributed by atoms with Crippen molar-refractivity contribution in [2.75, 3.05) is 14.2 Å². The van der Waals surface area contributed by atoms with Gasteiger partial charge < -0.3 is 18.9 Å². The monoisotopic (exact) mass is 450 g/mol. The number of carbonyl (C=O) groups is 1. The smallest absolute Gasteiger partial charge is 0.258 e. The molecule has 33 heavy (non-hydrogen) atoms. The lowest BCUT2D eigenvalue weighted by molar-refractivity contribution is 0.0605. The first kappa shape index (κ1) is 22.9. The minimum Gasteiger partial charge on any atom is -0.497 e. The van der Waals surface area contributed by atoms with E-state index >= 15 is 0 Å². The van der Waals surface area contributed by atoms with Gasteiger partial charge in [-0.25, -0.2) is 4.39 Å². The standard InChI is InChI=1S/C27H31FN2O3/c1-32-24-13-14-25(26(17-24)33-2)27(31)30(22-10-4-3-5-11-22)19-23-12-7-15-29(23)18-20-8-6-9-21(28)16-20/h6-9,12-17,22H,3-5,10-11,18-19H2,1-2H3. The van der Waals surface area contributed by atoms with E-state index in [0.29, 0.717) is 30.2 Å². The maximum atomic E-state index is 13.8. The number of aromatic nitrogens is 1. The van der Waals surface area contributed by atoms with Gasteiger partial charge in [-0.3, -0.25) is 4.79 Å². The number of hydrogen-bond donors (Lipinski definition) is 0. The van der Waals surface area contributed by atoms with E-state index < -0.39 is 0 Å². The third kappa shape index (κ3) is 5.38. The van der Waals surface area contributed by atoms with Gasteiger partial charge >= 0.3 is 0 Å². The van der Waals surface area contributed by atoms with E-state index in [1.54, 1.807) is 44.6 Å². The quantitative estimate of drug-likeness (QED) is 0.444. The molecule has 1 heterocycles. The Morgan fingerprint density at radius 3 is 2.58 bits per heavy atom. The summed E-state index contributed by atoms with van der Waals surface area (Å²) in [7, 11) is 3.16. The van der Waals surface area contributed by atoms with Crippen LogP contribution < -0.4 is 9.47 Å². The zero-order valence-electron chi connectivity index (χ0n) is 19.3. The Kier molecular flexibility index (Phi) is 7.33. The lowest BCUT2D eigenvalue weighted by Gasteiger charge is -2.35. The molecule has 0 unspecified atom stereocenters. The molecule has 0 N–H and O–H groups in total. The molecule has 5 nitrogen and oxygen atoms in total. The molecule has 174 valence electrons. The largest absolute Gasteiger partial charge is 0.497 e. The van der Waals surface area contributed by atoms with Crippen molar-refractivity contribution in [2.24, 2.45) is 0 Å². The predicted octanol–water partition coefficient (Wildman–Crippen LogP) is 5.67. The van der Waals surface area contributed by atoms with Crippen molar-refractivity contribution < 1.29 is 18.7 Å². The Bertz CT molecular complexity index is 1090. The molecule has 1 amide bonds. The fourth-order valence-corrected chi connectivity index (χ4v) is 4.64. The van der Waals surface area contributed by atoms with Crippen LogP contribution in [0.25, 0.3) is 0 Å². The van der Waals surface area contributed by atoms with E-state index in [1.807, 2.05) is 29.3 Å². The van der Waals surface area contributed by atoms with Crippen LogP contribution in [0, 0.1) is 5.82 Å². The molecular weight excluding hydrogens is 419 g/mol. The van der Waals surface area contributed by atoms with Crippen LogP contribution in [-0.2, 0) is 13.1 Å². The first-order chi connectivity index (χ1) is 16.1. The maximum absolute atomic E-state index is 13.8. The van der Waals surface area contributed by atoms with E-state index in [1.165, 1.54) is 12.5 Å². The molecule has 1 saturated carbocycles. The Balaban J connectivity index is 1.63. The van der Waals surface area contributed by atoms with Gasteiger partial charge in [0.05, 0.1) is 26.3 Å². The molecule has 0 atom stereocenters. The van der Waals surface area contributed by atoms with Crippen molar-refractivity contribution in [1.82, 2.24) is 9.47 Å². The normalized spacial score (nSPS) is 14.2. The summed E-state index contributed by atoms with van der Waals surface area (Å²) in [5.74, 6) is 0.874. The highest BCUT2D eigenvalue weighted by Crippen LogP contribution is 2.30. The van der Waals surface area contributed by atoms with Gasteiger partial charge in [-0.2, -0.15) is 0 Å². The second-order valence-corrected chi connectivity index (χ2v) is 8.55. The molecule has 1 fully saturated rings. The summed E-state index contributed by atoms with van der Waals surface area (Å²) >= 11 is 0. The fraction of sp³-hybridized carbons (Fsp3) is 0.370. The molecule has 2 aromatic carbocycles. The van der Waals surface area contributed by atoms with Gasteiger partial charge in [0.2, 0.25) is 0 Å². The second kappa shape index (κ2) is 10.6. The topological polar surface area (TPSA) is 43.7 Å². The van der Waals surface area contributed by atoms with Crippen LogP contribution >= 0.6 is 0 Å². The van der Waals surface area contributed by atoms with Crippen LogP contribution in [0.5, 0.6) is 11.5 Å². The maximum Gasteiger partial charge on any atom is 0.258 e. The highest BCUT2D eigenvalue weighted by molar-refractivity contribution is 5.97. The summed E-state index contributed by atoms with van der Waals surface area (Å²) in [4.78, 5) is 15.8. The number of halogens is 1. The van der Waals surface area contributed by atoms with Crippen molar-refractivity contribution >= 4 is 5.91 Å². The summed E-state index contributed by atoms with van der Waals surface area (Å²) in [6.07, 6.45) is 7.43. The Morgan fingerprint density at radius 1 is 1.03 bits per heavy atom. The zero-order valence-corrected chi connectivity index (χ0v) is 19.3. The van der Waals surface area contributed by atoms with Gasteiger partial charge in [-0.15, -0.1) is 0 Å². The average Bonchev–Trinajstić information content (AvgIpc) is 3.28. The summed E-state index contributed by atoms with van der Waals surface area (Å²) in [6, 6.07) is 16.2. The summed E-state index contributed by atoms with van der Waals surface area (Å²) in [5, 5.41) is 0. The van der Waals surface area contributed by atoms with E-state index in [9.17, 15) is 9.18 Å². The first-order valence-electron chi connectivity index (χ1n) is 11.5. The van der Waals surface area contributed by atoms with Crippen molar-refractivity contribution in [3.63, 3.8) is 0 Å². The van der Waals surface area contributed by atoms with E-state index in [-0.39, 0.29) is 17.8 Å². The Hall–Kier alpha value is -3.28. The summed E-state index contributed by atoms with van der Waals surface area (Å²) < 4.78 is 26.6. The van der Waals surface area contributed by atoms with Crippen LogP contribution in [0.3, 0.4) is 0 Å². The van der Waals surface area contributed by atoms with E-state index in [4.69, 9.17) is 9.47 Å². The van der Waals surface area contributed by atoms with Crippen LogP contribution in [-0.4, -0.2) is 35.6 Å². The Morgan fingerprint density at radius 2 is 1.85 bits per heavy atom. The average molecular weight is 451 g/mol. The number of rotatable bonds is 8. The van der Waals surface area contributed by atoms with E-state index in [0.717, 1.165) is 36.9 Å². The zero-order chi connectivity index (χ0) is 23.2. The Labute approximate surface area is 194 Å². The highest BCUT2D eigenvalue weighted by atomic mass is 19.1. The van der Waals surface area contributed by atoms with Gasteiger partial charge in [0.1, 0.15) is 17.3 Å². The number of nitrogens with zero attached hydrogens (tertiary/aromatic N) is 2. The molecule has 0 spiro atoms. The molecule has 1 aliphatic rings. The molecule has 0 radical (unpaired) electrons. The van der Waals surface area contributed by atoms with Crippen molar-refractivity contribution in [1.29, 1.82) is 0 Å². The second-order valence-electron chi connectivity index (χ2n) is 8.55. The minimum absolute atomic E-state index is 0.0418. The molecule has 4 rings (SSSR count). The van der Waals surface area contributed by atoms with Crippen LogP contribution in [0.4, 0.5) is 4.39 Å². The van der Waals surface area contributed by atoms with Gasteiger partial charge in [-0.05, 0) is 54.8 Å². The lowest BCUT2D eigenvalue weighted by Crippen LogP contribution is -2.41. The number of carbonyl (C=O) groups excluding carboxylic acids is 1. The number of ether oxygens (including phenoxy) is 2. The third-order valence-electron chi connectivity index (χ3n) is 6.41. The predicted molar refractivity (Wildman–Crippen MR) is 126 cm³/mol. The fourth-order valence-electron chi connectivity index (χ4n) is 4.64. The van der Waals surface area contributed by atoms with Crippen LogP contribution in [0.15, 0.2) is 60.8 Å². The first-order valence-corrected chi connectivity index (χ1v) is 11.5. The number of methoxy groups -OCH3 is 2. The molecule has 1 aromatic heterocycles. The van der Waals surface area contributed by atoms with Crippen molar-refractivity contribution in [3.05, 3.63) is 83.4 Å². The SMILES string of the molecule is COc1ccc(C(=O)N(Cc2cccn2Cc2cccc(F)c2)C2CCCCC2)c(OC)c1. The molecule has 1 aliphatic carbocycles. The molecule has 0 bridgehead atoms. The summed E-state index contributed by atoms with van der Waals surface area (Å²) in [5.41, 5.74) is 2.44. The van der Waals surface area contributed by atoms with E-state index in [2.05, 4.69) is 4.57 Å². The number of benzene rings is 2. The minimum atomic E-state index is -0.244. The third-order valence-corrected chi connectivity index (χ3v) is 6.41. The highest BCUT2D eigenvalue weighted by Gasteiger charge is 2.29. The van der Waals surface area contributed by atoms with Crippen LogP contribution in [0.1, 0.15) is 53.7 Å². The molecule has 3 aromatic rings. The van der Waals surface area contributed by atoms with Crippen molar-refractivity contribution in [2.45, 2.75) is 51.2 Å². The molecular formula is C27H31FN2O3. The number of amides is 1. The van der Waals surface area contributed by atoms with Crippen molar-refractivity contribution in [3.8, 4) is 11.5 Å². The molecule has 0 aliphatic heterocycles. The van der Waals surface area contributed by atoms with Gasteiger partial charge in [0, 0.05) is 30.5 Å². The van der Waals surface area contributed by atoms with Gasteiger partial charge in [-0.1, -0.05) is 31.4 Å². The van der Waals surface area contributed by atoms with Gasteiger partial charge in [0.15, 0.2) is 0 Å². The summed E-state index contributed by atoms with van der Waals surface area (Å²) in [6.45, 7) is 1.04. The molecule has 6 heteroatoms.